The van der Waals surface area contributed by atoms with Gasteiger partial charge in [-0.15, -0.1) is 0 Å². The fourth-order valence-electron chi connectivity index (χ4n) is 3.63. The second kappa shape index (κ2) is 8.39. The number of amides is 4. The number of hydrogen-bond donors (Lipinski definition) is 1. The van der Waals surface area contributed by atoms with Crippen molar-refractivity contribution in [3.8, 4) is 0 Å². The predicted molar refractivity (Wildman–Crippen MR) is 105 cm³/mol. The average Bonchev–Trinajstić information content (AvgIpc) is 3.25. The van der Waals surface area contributed by atoms with Gasteiger partial charge < -0.3 is 15.0 Å². The molecule has 2 aliphatic heterocycles. The summed E-state index contributed by atoms with van der Waals surface area (Å²) in [5.74, 6) is 0. The van der Waals surface area contributed by atoms with Crippen molar-refractivity contribution < 1.29 is 14.3 Å². The number of urea groups is 2. The van der Waals surface area contributed by atoms with Gasteiger partial charge in [-0.05, 0) is 36.6 Å². The van der Waals surface area contributed by atoms with E-state index in [-0.39, 0.29) is 12.1 Å². The van der Waals surface area contributed by atoms with E-state index in [1.807, 2.05) is 42.5 Å². The zero-order chi connectivity index (χ0) is 19.3. The summed E-state index contributed by atoms with van der Waals surface area (Å²) in [7, 11) is 0. The van der Waals surface area contributed by atoms with Crippen LogP contribution in [-0.2, 0) is 17.7 Å². The fraction of sp³-hybridized carbons (Fsp3) is 0.381. The van der Waals surface area contributed by atoms with Gasteiger partial charge >= 0.3 is 12.1 Å². The first-order valence-electron chi connectivity index (χ1n) is 9.68. The summed E-state index contributed by atoms with van der Waals surface area (Å²) in [5, 5.41) is 2.86. The van der Waals surface area contributed by atoms with E-state index in [4.69, 9.17) is 4.74 Å². The zero-order valence-electron chi connectivity index (χ0n) is 15.7. The smallest absolute Gasteiger partial charge is 0.333 e. The lowest BCUT2D eigenvalue weighted by atomic mass is 10.1. The Balaban J connectivity index is 1.48. The maximum atomic E-state index is 13.1. The monoisotopic (exact) mass is 380 g/mol. The van der Waals surface area contributed by atoms with Gasteiger partial charge in [0.15, 0.2) is 0 Å². The SMILES string of the molecule is O=C(NCC1CCCO1)N1C(=O)N(CCc2ccccn2)Cc2ccccc21. The number of carbonyl (C=O) groups is 2. The number of aromatic nitrogens is 1. The van der Waals surface area contributed by atoms with E-state index in [1.54, 1.807) is 11.1 Å². The van der Waals surface area contributed by atoms with E-state index in [9.17, 15) is 9.59 Å². The molecule has 0 radical (unpaired) electrons. The zero-order valence-corrected chi connectivity index (χ0v) is 15.7. The second-order valence-electron chi connectivity index (χ2n) is 7.06. The molecule has 0 saturated carbocycles. The predicted octanol–water partition coefficient (Wildman–Crippen LogP) is 2.95. The number of ether oxygens (including phenoxy) is 1. The molecule has 1 aromatic carbocycles. The standard InChI is InChI=1S/C21H24N4O3/c26-20(23-14-18-8-5-13-28-18)25-19-9-2-1-6-16(19)15-24(21(25)27)12-10-17-7-3-4-11-22-17/h1-4,6-7,9,11,18H,5,8,10,12-15H2,(H,23,26). The first-order valence-corrected chi connectivity index (χ1v) is 9.68. The largest absolute Gasteiger partial charge is 0.376 e. The van der Waals surface area contributed by atoms with Crippen LogP contribution in [-0.4, -0.2) is 47.7 Å². The van der Waals surface area contributed by atoms with Gasteiger partial charge in [0.25, 0.3) is 0 Å². The Labute approximate surface area is 164 Å². The van der Waals surface area contributed by atoms with Gasteiger partial charge in [-0.3, -0.25) is 4.98 Å². The van der Waals surface area contributed by atoms with Crippen molar-refractivity contribution in [1.29, 1.82) is 0 Å². The van der Waals surface area contributed by atoms with E-state index in [0.717, 1.165) is 30.7 Å². The van der Waals surface area contributed by atoms with Crippen molar-refractivity contribution in [2.45, 2.75) is 31.9 Å². The van der Waals surface area contributed by atoms with Crippen molar-refractivity contribution in [3.05, 3.63) is 59.9 Å². The highest BCUT2D eigenvalue weighted by Crippen LogP contribution is 2.28. The molecule has 3 heterocycles. The fourth-order valence-corrected chi connectivity index (χ4v) is 3.63. The van der Waals surface area contributed by atoms with Crippen LogP contribution in [0.15, 0.2) is 48.7 Å². The summed E-state index contributed by atoms with van der Waals surface area (Å²) in [6.45, 7) is 2.13. The number of fused-ring (bicyclic) bond motifs is 1. The Morgan fingerprint density at radius 1 is 1.21 bits per heavy atom. The maximum Gasteiger partial charge on any atom is 0.333 e. The van der Waals surface area contributed by atoms with Gasteiger partial charge in [-0.1, -0.05) is 24.3 Å². The number of pyridine rings is 1. The number of nitrogens with zero attached hydrogens (tertiary/aromatic N) is 3. The number of carbonyl (C=O) groups excluding carboxylic acids is 2. The molecule has 1 N–H and O–H groups in total. The third kappa shape index (κ3) is 3.99. The summed E-state index contributed by atoms with van der Waals surface area (Å²) in [5.41, 5.74) is 2.52. The first-order chi connectivity index (χ1) is 13.7. The third-order valence-corrected chi connectivity index (χ3v) is 5.13. The van der Waals surface area contributed by atoms with E-state index in [0.29, 0.717) is 31.7 Å². The topological polar surface area (TPSA) is 74.8 Å². The Bertz CT molecular complexity index is 837. The summed E-state index contributed by atoms with van der Waals surface area (Å²) in [4.78, 5) is 33.2. The maximum absolute atomic E-state index is 13.1. The Morgan fingerprint density at radius 3 is 2.86 bits per heavy atom. The van der Waals surface area contributed by atoms with Gasteiger partial charge in [0, 0.05) is 44.6 Å². The van der Waals surface area contributed by atoms with Gasteiger partial charge in [-0.2, -0.15) is 0 Å². The normalized spacial score (nSPS) is 18.9. The molecule has 0 aliphatic carbocycles. The van der Waals surface area contributed by atoms with Crippen LogP contribution in [0.4, 0.5) is 15.3 Å². The van der Waals surface area contributed by atoms with Crippen molar-refractivity contribution >= 4 is 17.7 Å². The summed E-state index contributed by atoms with van der Waals surface area (Å²) in [6, 6.07) is 12.6. The summed E-state index contributed by atoms with van der Waals surface area (Å²) in [6.07, 6.45) is 4.35. The van der Waals surface area contributed by atoms with Crippen LogP contribution in [0.25, 0.3) is 0 Å². The van der Waals surface area contributed by atoms with Crippen LogP contribution in [0.1, 0.15) is 24.1 Å². The summed E-state index contributed by atoms with van der Waals surface area (Å²) < 4.78 is 5.56. The van der Waals surface area contributed by atoms with Gasteiger partial charge in [0.1, 0.15) is 0 Å². The number of hydrogen-bond acceptors (Lipinski definition) is 4. The van der Waals surface area contributed by atoms with Crippen LogP contribution in [0.3, 0.4) is 0 Å². The quantitative estimate of drug-likeness (QED) is 0.865. The molecule has 1 saturated heterocycles. The van der Waals surface area contributed by atoms with E-state index in [1.165, 1.54) is 4.90 Å². The highest BCUT2D eigenvalue weighted by atomic mass is 16.5. The molecule has 146 valence electrons. The molecule has 1 fully saturated rings. The Kier molecular flexibility index (Phi) is 5.53. The van der Waals surface area contributed by atoms with Crippen molar-refractivity contribution in [3.63, 3.8) is 0 Å². The van der Waals surface area contributed by atoms with E-state index in [2.05, 4.69) is 10.3 Å². The van der Waals surface area contributed by atoms with Crippen LogP contribution >= 0.6 is 0 Å². The molecular weight excluding hydrogens is 356 g/mol. The lowest BCUT2D eigenvalue weighted by Gasteiger charge is -2.36. The minimum atomic E-state index is -0.407. The molecule has 0 spiro atoms. The van der Waals surface area contributed by atoms with Crippen molar-refractivity contribution in [2.24, 2.45) is 0 Å². The Morgan fingerprint density at radius 2 is 2.07 bits per heavy atom. The molecule has 2 aliphatic rings. The number of benzene rings is 1. The number of nitrogens with one attached hydrogen (secondary N) is 1. The van der Waals surface area contributed by atoms with Crippen molar-refractivity contribution in [1.82, 2.24) is 15.2 Å². The Hall–Kier alpha value is -2.93. The second-order valence-corrected chi connectivity index (χ2v) is 7.06. The van der Waals surface area contributed by atoms with Crippen molar-refractivity contribution in [2.75, 3.05) is 24.6 Å². The highest BCUT2D eigenvalue weighted by molar-refractivity contribution is 6.14. The van der Waals surface area contributed by atoms with Crippen LogP contribution in [0.5, 0.6) is 0 Å². The third-order valence-electron chi connectivity index (χ3n) is 5.13. The highest BCUT2D eigenvalue weighted by Gasteiger charge is 2.34. The lowest BCUT2D eigenvalue weighted by molar-refractivity contribution is 0.111. The molecule has 4 amide bonds. The molecule has 1 aromatic heterocycles. The average molecular weight is 380 g/mol. The number of anilines is 1. The lowest BCUT2D eigenvalue weighted by Crippen LogP contribution is -2.54. The summed E-state index contributed by atoms with van der Waals surface area (Å²) >= 11 is 0. The molecule has 7 nitrogen and oxygen atoms in total. The van der Waals surface area contributed by atoms with E-state index < -0.39 is 6.03 Å². The number of imide groups is 1. The first kappa shape index (κ1) is 18.4. The van der Waals surface area contributed by atoms with Crippen LogP contribution in [0.2, 0.25) is 0 Å². The number of rotatable bonds is 5. The molecule has 28 heavy (non-hydrogen) atoms. The molecule has 1 unspecified atom stereocenters. The molecule has 1 atom stereocenters. The molecular formula is C21H24N4O3. The molecule has 2 aromatic rings. The van der Waals surface area contributed by atoms with Gasteiger partial charge in [0.05, 0.1) is 11.8 Å². The number of para-hydroxylation sites is 1. The van der Waals surface area contributed by atoms with Crippen LogP contribution < -0.4 is 10.2 Å². The van der Waals surface area contributed by atoms with Gasteiger partial charge in [0.2, 0.25) is 0 Å². The molecule has 0 bridgehead atoms. The molecule has 4 rings (SSSR count). The minimum absolute atomic E-state index is 0.0272. The van der Waals surface area contributed by atoms with Gasteiger partial charge in [-0.25, -0.2) is 14.5 Å². The van der Waals surface area contributed by atoms with Crippen LogP contribution in [0, 0.1) is 0 Å². The molecule has 7 heteroatoms. The minimum Gasteiger partial charge on any atom is -0.376 e. The van der Waals surface area contributed by atoms with E-state index >= 15 is 0 Å².